The monoisotopic (exact) mass is 602 g/mol. The van der Waals surface area contributed by atoms with E-state index in [1.807, 2.05) is 0 Å². The lowest BCUT2D eigenvalue weighted by molar-refractivity contribution is -0.150. The maximum atomic E-state index is 13.2. The Labute approximate surface area is 235 Å². The van der Waals surface area contributed by atoms with Crippen LogP contribution in [-0.2, 0) is 38.7 Å². The topological polar surface area (TPSA) is 200 Å². The summed E-state index contributed by atoms with van der Waals surface area (Å²) in [6, 6.07) is -0.794. The van der Waals surface area contributed by atoms with Gasteiger partial charge in [-0.2, -0.15) is 0 Å². The highest BCUT2D eigenvalue weighted by Crippen LogP contribution is 2.32. The number of methoxy groups -OCH3 is 1. The predicted molar refractivity (Wildman–Crippen MR) is 141 cm³/mol. The van der Waals surface area contributed by atoms with E-state index in [0.29, 0.717) is 0 Å². The number of aliphatic carboxylic acids is 2. The van der Waals surface area contributed by atoms with Crippen molar-refractivity contribution in [3.05, 3.63) is 17.5 Å². The summed E-state index contributed by atoms with van der Waals surface area (Å²) in [5.41, 5.74) is -0.980. The number of carbonyl (C=O) groups is 5. The van der Waals surface area contributed by atoms with Crippen molar-refractivity contribution in [2.45, 2.75) is 67.9 Å². The Morgan fingerprint density at radius 3 is 2.00 bits per heavy atom. The first-order valence-corrected chi connectivity index (χ1v) is 14.9. The highest BCUT2D eigenvalue weighted by atomic mass is 32.2. The van der Waals surface area contributed by atoms with E-state index in [9.17, 15) is 42.6 Å². The molecule has 2 fully saturated rings. The van der Waals surface area contributed by atoms with Crippen molar-refractivity contribution in [3.8, 4) is 0 Å². The Hall–Kier alpha value is -3.08. The van der Waals surface area contributed by atoms with Gasteiger partial charge in [-0.3, -0.25) is 14.4 Å². The van der Waals surface area contributed by atoms with Crippen LogP contribution in [0.3, 0.4) is 0 Å². The van der Waals surface area contributed by atoms with E-state index in [1.54, 1.807) is 25.3 Å². The average Bonchev–Trinajstić information content (AvgIpc) is 3.58. The van der Waals surface area contributed by atoms with E-state index < -0.39 is 69.3 Å². The van der Waals surface area contributed by atoms with Crippen LogP contribution >= 0.6 is 11.3 Å². The molecule has 4 atom stereocenters. The summed E-state index contributed by atoms with van der Waals surface area (Å²) in [4.78, 5) is 64.2. The second-order valence-corrected chi connectivity index (χ2v) is 13.6. The van der Waals surface area contributed by atoms with Gasteiger partial charge in [0, 0.05) is 51.5 Å². The van der Waals surface area contributed by atoms with Gasteiger partial charge in [0.15, 0.2) is 0 Å². The second kappa shape index (κ2) is 12.6. The second-order valence-electron chi connectivity index (χ2n) is 10.7. The minimum atomic E-state index is -3.88. The summed E-state index contributed by atoms with van der Waals surface area (Å²) in [7, 11) is -2.54. The smallest absolute Gasteiger partial charge is 0.326 e. The van der Waals surface area contributed by atoms with Gasteiger partial charge in [-0.1, -0.05) is 19.9 Å². The Balaban J connectivity index is 1.64. The SMILES string of the molecule is COCC(=O)N[C@H]1C[C@@H](C(=O)O)N(C(=O)CC(C)(C)CC(=O)N2C[C@@H](NS(=O)(=O)c3cccs3)C[C@H]2C(=O)O)C1. The molecule has 222 valence electrons. The van der Waals surface area contributed by atoms with Crippen LogP contribution in [0.4, 0.5) is 0 Å². The minimum Gasteiger partial charge on any atom is -0.480 e. The zero-order chi connectivity index (χ0) is 29.8. The van der Waals surface area contributed by atoms with E-state index in [1.165, 1.54) is 13.2 Å². The van der Waals surface area contributed by atoms with Gasteiger partial charge in [0.2, 0.25) is 27.7 Å². The summed E-state index contributed by atoms with van der Waals surface area (Å²) in [5, 5.41) is 23.6. The van der Waals surface area contributed by atoms with Crippen LogP contribution in [0.25, 0.3) is 0 Å². The molecule has 40 heavy (non-hydrogen) atoms. The number of hydrogen-bond donors (Lipinski definition) is 4. The Bertz CT molecular complexity index is 1230. The van der Waals surface area contributed by atoms with Crippen molar-refractivity contribution >= 4 is 51.0 Å². The summed E-state index contributed by atoms with van der Waals surface area (Å²) in [6.07, 6.45) is -0.532. The Morgan fingerprint density at radius 1 is 1.00 bits per heavy atom. The molecule has 4 N–H and O–H groups in total. The van der Waals surface area contributed by atoms with Crippen molar-refractivity contribution in [2.24, 2.45) is 5.41 Å². The van der Waals surface area contributed by atoms with Gasteiger partial charge < -0.3 is 30.1 Å². The van der Waals surface area contributed by atoms with Gasteiger partial charge in [0.1, 0.15) is 22.9 Å². The predicted octanol–water partition coefficient (Wildman–Crippen LogP) is -0.296. The largest absolute Gasteiger partial charge is 0.480 e. The molecule has 16 heteroatoms. The van der Waals surface area contributed by atoms with E-state index in [-0.39, 0.29) is 49.6 Å². The van der Waals surface area contributed by atoms with Gasteiger partial charge in [0.25, 0.3) is 0 Å². The molecular formula is C24H34N4O10S2. The van der Waals surface area contributed by atoms with Gasteiger partial charge >= 0.3 is 11.9 Å². The van der Waals surface area contributed by atoms with Crippen LogP contribution in [0.5, 0.6) is 0 Å². The number of amides is 3. The molecule has 0 unspecified atom stereocenters. The van der Waals surface area contributed by atoms with E-state index in [4.69, 9.17) is 4.74 Å². The molecule has 0 aliphatic carbocycles. The number of carboxylic acids is 2. The lowest BCUT2D eigenvalue weighted by atomic mass is 9.84. The highest BCUT2D eigenvalue weighted by Gasteiger charge is 2.44. The number of nitrogens with zero attached hydrogens (tertiary/aromatic N) is 2. The minimum absolute atomic E-state index is 0.0193. The molecule has 0 spiro atoms. The molecule has 2 aliphatic heterocycles. The molecule has 3 heterocycles. The lowest BCUT2D eigenvalue weighted by Crippen LogP contribution is -2.45. The third-order valence-corrected chi connectivity index (χ3v) is 9.71. The van der Waals surface area contributed by atoms with Gasteiger partial charge in [-0.05, 0) is 23.3 Å². The summed E-state index contributed by atoms with van der Waals surface area (Å²) >= 11 is 1.01. The molecule has 1 aromatic heterocycles. The first kappa shape index (κ1) is 31.4. The number of ether oxygens (including phenoxy) is 1. The third kappa shape index (κ3) is 7.77. The standard InChI is InChI=1S/C24H34N4O10S2/c1-24(2,9-19(30)27-11-14(7-16(27)22(32)33)25-18(29)13-38-3)10-20(31)28-12-15(8-17(28)23(34)35)26-40(36,37)21-5-4-6-39-21/h4-6,14-17,26H,7-13H2,1-3H3,(H,25,29)(H,32,33)(H,34,35)/t14-,15-,16-,17-/m0/s1. The Kier molecular flexibility index (Phi) is 9.92. The van der Waals surface area contributed by atoms with E-state index in [2.05, 4.69) is 10.0 Å². The number of nitrogens with one attached hydrogen (secondary N) is 2. The molecule has 2 saturated heterocycles. The zero-order valence-corrected chi connectivity index (χ0v) is 24.0. The van der Waals surface area contributed by atoms with E-state index >= 15 is 0 Å². The summed E-state index contributed by atoms with van der Waals surface area (Å²) in [5.74, 6) is -4.02. The van der Waals surface area contributed by atoms with Crippen LogP contribution < -0.4 is 10.0 Å². The fraction of sp³-hybridized carbons (Fsp3) is 0.625. The van der Waals surface area contributed by atoms with E-state index in [0.717, 1.165) is 21.1 Å². The quantitative estimate of drug-likeness (QED) is 0.246. The average molecular weight is 603 g/mol. The summed E-state index contributed by atoms with van der Waals surface area (Å²) < 4.78 is 32.5. The molecule has 0 radical (unpaired) electrons. The molecular weight excluding hydrogens is 568 g/mol. The lowest BCUT2D eigenvalue weighted by Gasteiger charge is -2.31. The fourth-order valence-electron chi connectivity index (χ4n) is 5.06. The zero-order valence-electron chi connectivity index (χ0n) is 22.4. The number of likely N-dealkylation sites (tertiary alicyclic amines) is 2. The van der Waals surface area contributed by atoms with Crippen LogP contribution in [0.15, 0.2) is 21.7 Å². The first-order chi connectivity index (χ1) is 18.6. The van der Waals surface area contributed by atoms with Crippen molar-refractivity contribution in [3.63, 3.8) is 0 Å². The molecule has 3 rings (SSSR count). The first-order valence-electron chi connectivity index (χ1n) is 12.5. The number of sulfonamides is 1. The van der Waals surface area contributed by atoms with Gasteiger partial charge in [-0.25, -0.2) is 22.7 Å². The third-order valence-electron chi connectivity index (χ3n) is 6.79. The molecule has 1 aromatic rings. The van der Waals surface area contributed by atoms with Crippen LogP contribution in [-0.4, -0.2) is 109 Å². The molecule has 3 amide bonds. The fourth-order valence-corrected chi connectivity index (χ4v) is 7.31. The number of carboxylic acid groups (broad SMARTS) is 2. The van der Waals surface area contributed by atoms with Crippen molar-refractivity contribution in [2.75, 3.05) is 26.8 Å². The number of carbonyl (C=O) groups excluding carboxylic acids is 3. The van der Waals surface area contributed by atoms with Crippen LogP contribution in [0.1, 0.15) is 39.5 Å². The van der Waals surface area contributed by atoms with Crippen molar-refractivity contribution < 1.29 is 47.3 Å². The van der Waals surface area contributed by atoms with Crippen LogP contribution in [0.2, 0.25) is 0 Å². The molecule has 14 nitrogen and oxygen atoms in total. The van der Waals surface area contributed by atoms with Gasteiger partial charge in [-0.15, -0.1) is 11.3 Å². The van der Waals surface area contributed by atoms with Gasteiger partial charge in [0.05, 0.1) is 0 Å². The maximum Gasteiger partial charge on any atom is 0.326 e. The number of hydrogen-bond acceptors (Lipinski definition) is 9. The summed E-state index contributed by atoms with van der Waals surface area (Å²) in [6.45, 7) is 2.89. The highest BCUT2D eigenvalue weighted by molar-refractivity contribution is 7.91. The molecule has 0 aromatic carbocycles. The van der Waals surface area contributed by atoms with Crippen molar-refractivity contribution in [1.82, 2.24) is 19.8 Å². The number of thiophene rings is 1. The van der Waals surface area contributed by atoms with Crippen molar-refractivity contribution in [1.29, 1.82) is 0 Å². The van der Waals surface area contributed by atoms with Crippen LogP contribution in [0, 0.1) is 5.41 Å². The molecule has 0 bridgehead atoms. The number of rotatable bonds is 12. The molecule has 0 saturated carbocycles. The Morgan fingerprint density at radius 2 is 1.52 bits per heavy atom. The molecule has 2 aliphatic rings. The normalized spacial score (nSPS) is 23.3. The maximum absolute atomic E-state index is 13.2.